The molecule has 4 rings (SSSR count). The smallest absolute Gasteiger partial charge is 0.226 e. The molecule has 28 heavy (non-hydrogen) atoms. The number of carbonyl (C=O) groups excluding carboxylic acids is 1. The molecule has 0 bridgehead atoms. The number of amides is 1. The van der Waals surface area contributed by atoms with E-state index in [0.29, 0.717) is 11.8 Å². The molecule has 0 aliphatic carbocycles. The molecule has 1 amide bonds. The van der Waals surface area contributed by atoms with Gasteiger partial charge in [-0.15, -0.1) is 0 Å². The van der Waals surface area contributed by atoms with Crippen molar-refractivity contribution in [3.05, 3.63) is 66.0 Å². The van der Waals surface area contributed by atoms with Crippen molar-refractivity contribution in [1.29, 1.82) is 0 Å². The lowest BCUT2D eigenvalue weighted by Gasteiger charge is -2.36. The van der Waals surface area contributed by atoms with E-state index in [-0.39, 0.29) is 5.92 Å². The molecule has 0 spiro atoms. The molecule has 4 nitrogen and oxygen atoms in total. The molecule has 1 atom stereocenters. The molecular weight excluding hydrogens is 346 g/mol. The molecule has 2 saturated heterocycles. The number of pyridine rings is 1. The SMILES string of the molecule is O=C1C(C2CCN(Cc3ccccn3)CC2)CCCCN1Cc1ccccc1. The topological polar surface area (TPSA) is 36.4 Å². The van der Waals surface area contributed by atoms with E-state index in [1.165, 1.54) is 12.0 Å². The van der Waals surface area contributed by atoms with Gasteiger partial charge in [-0.05, 0) is 62.4 Å². The molecule has 1 aromatic heterocycles. The van der Waals surface area contributed by atoms with Crippen molar-refractivity contribution in [2.24, 2.45) is 11.8 Å². The number of carbonyl (C=O) groups is 1. The minimum Gasteiger partial charge on any atom is -0.338 e. The highest BCUT2D eigenvalue weighted by molar-refractivity contribution is 5.79. The van der Waals surface area contributed by atoms with Crippen LogP contribution in [0.1, 0.15) is 43.4 Å². The third-order valence-corrected chi connectivity index (χ3v) is 6.35. The standard InChI is InChI=1S/C24H31N3O/c28-24-23(11-5-7-15-27(24)18-20-8-2-1-3-9-20)21-12-16-26(17-13-21)19-22-10-4-6-14-25-22/h1-4,6,8-10,14,21,23H,5,7,11-13,15-19H2. The first-order chi connectivity index (χ1) is 13.8. The molecule has 2 aromatic rings. The largest absolute Gasteiger partial charge is 0.338 e. The van der Waals surface area contributed by atoms with E-state index in [2.05, 4.69) is 51.2 Å². The minimum absolute atomic E-state index is 0.211. The molecular formula is C24H31N3O. The fourth-order valence-corrected chi connectivity index (χ4v) is 4.77. The van der Waals surface area contributed by atoms with E-state index < -0.39 is 0 Å². The van der Waals surface area contributed by atoms with Crippen LogP contribution in [0.5, 0.6) is 0 Å². The molecule has 4 heteroatoms. The second kappa shape index (κ2) is 9.33. The monoisotopic (exact) mass is 377 g/mol. The maximum absolute atomic E-state index is 13.3. The summed E-state index contributed by atoms with van der Waals surface area (Å²) in [6.45, 7) is 4.73. The lowest BCUT2D eigenvalue weighted by molar-refractivity contribution is -0.138. The fraction of sp³-hybridized carbons (Fsp3) is 0.500. The average molecular weight is 378 g/mol. The lowest BCUT2D eigenvalue weighted by atomic mass is 9.81. The maximum Gasteiger partial charge on any atom is 0.226 e. The van der Waals surface area contributed by atoms with Gasteiger partial charge in [0.2, 0.25) is 5.91 Å². The van der Waals surface area contributed by atoms with E-state index >= 15 is 0 Å². The lowest BCUT2D eigenvalue weighted by Crippen LogP contribution is -2.42. The normalized spacial score (nSPS) is 22.2. The zero-order valence-electron chi connectivity index (χ0n) is 16.7. The van der Waals surface area contributed by atoms with Gasteiger partial charge in [0.15, 0.2) is 0 Å². The number of hydrogen-bond acceptors (Lipinski definition) is 3. The second-order valence-corrected chi connectivity index (χ2v) is 8.28. The highest BCUT2D eigenvalue weighted by Gasteiger charge is 2.35. The van der Waals surface area contributed by atoms with Gasteiger partial charge >= 0.3 is 0 Å². The molecule has 2 fully saturated rings. The Bertz CT molecular complexity index is 741. The van der Waals surface area contributed by atoms with Gasteiger partial charge < -0.3 is 4.90 Å². The van der Waals surface area contributed by atoms with Crippen molar-refractivity contribution in [3.8, 4) is 0 Å². The van der Waals surface area contributed by atoms with Crippen LogP contribution in [0.15, 0.2) is 54.7 Å². The Hall–Kier alpha value is -2.20. The number of aromatic nitrogens is 1. The van der Waals surface area contributed by atoms with Gasteiger partial charge in [0.25, 0.3) is 0 Å². The van der Waals surface area contributed by atoms with Crippen molar-refractivity contribution in [2.75, 3.05) is 19.6 Å². The van der Waals surface area contributed by atoms with Gasteiger partial charge in [-0.3, -0.25) is 14.7 Å². The molecule has 2 aliphatic heterocycles. The highest BCUT2D eigenvalue weighted by Crippen LogP contribution is 2.33. The zero-order valence-corrected chi connectivity index (χ0v) is 16.7. The highest BCUT2D eigenvalue weighted by atomic mass is 16.2. The van der Waals surface area contributed by atoms with Crippen molar-refractivity contribution >= 4 is 5.91 Å². The summed E-state index contributed by atoms with van der Waals surface area (Å²) in [5, 5.41) is 0. The van der Waals surface area contributed by atoms with Crippen molar-refractivity contribution < 1.29 is 4.79 Å². The molecule has 1 unspecified atom stereocenters. The number of likely N-dealkylation sites (tertiary alicyclic amines) is 2. The summed E-state index contributed by atoms with van der Waals surface area (Å²) in [5.41, 5.74) is 2.38. The summed E-state index contributed by atoms with van der Waals surface area (Å²) < 4.78 is 0. The van der Waals surface area contributed by atoms with Crippen LogP contribution in [0.4, 0.5) is 0 Å². The fourth-order valence-electron chi connectivity index (χ4n) is 4.77. The van der Waals surface area contributed by atoms with E-state index in [9.17, 15) is 4.79 Å². The summed E-state index contributed by atoms with van der Waals surface area (Å²) in [7, 11) is 0. The van der Waals surface area contributed by atoms with Crippen LogP contribution in [0.25, 0.3) is 0 Å². The van der Waals surface area contributed by atoms with Crippen molar-refractivity contribution in [2.45, 2.75) is 45.2 Å². The van der Waals surface area contributed by atoms with Crippen LogP contribution in [0, 0.1) is 11.8 Å². The maximum atomic E-state index is 13.3. The van der Waals surface area contributed by atoms with E-state index in [4.69, 9.17) is 0 Å². The molecule has 3 heterocycles. The molecule has 1 aromatic carbocycles. The van der Waals surface area contributed by atoms with Gasteiger partial charge in [0, 0.05) is 31.7 Å². The van der Waals surface area contributed by atoms with Crippen LogP contribution in [0.2, 0.25) is 0 Å². The van der Waals surface area contributed by atoms with Gasteiger partial charge in [0.05, 0.1) is 5.69 Å². The molecule has 0 radical (unpaired) electrons. The molecule has 148 valence electrons. The van der Waals surface area contributed by atoms with Crippen LogP contribution in [-0.2, 0) is 17.9 Å². The van der Waals surface area contributed by atoms with Crippen molar-refractivity contribution in [3.63, 3.8) is 0 Å². The van der Waals surface area contributed by atoms with Crippen LogP contribution < -0.4 is 0 Å². The predicted molar refractivity (Wildman–Crippen MR) is 111 cm³/mol. The predicted octanol–water partition coefficient (Wildman–Crippen LogP) is 4.12. The molecule has 0 N–H and O–H groups in total. The van der Waals surface area contributed by atoms with Crippen LogP contribution in [-0.4, -0.2) is 40.3 Å². The van der Waals surface area contributed by atoms with Gasteiger partial charge in [-0.25, -0.2) is 0 Å². The Morgan fingerprint density at radius 1 is 0.857 bits per heavy atom. The third-order valence-electron chi connectivity index (χ3n) is 6.35. The summed E-state index contributed by atoms with van der Waals surface area (Å²) in [6, 6.07) is 16.5. The van der Waals surface area contributed by atoms with Gasteiger partial charge in [-0.1, -0.05) is 42.8 Å². The van der Waals surface area contributed by atoms with Crippen molar-refractivity contribution in [1.82, 2.24) is 14.8 Å². The van der Waals surface area contributed by atoms with E-state index in [0.717, 1.165) is 64.1 Å². The first-order valence-electron chi connectivity index (χ1n) is 10.7. The Morgan fingerprint density at radius 3 is 2.39 bits per heavy atom. The summed E-state index contributed by atoms with van der Waals surface area (Å²) in [4.78, 5) is 22.4. The second-order valence-electron chi connectivity index (χ2n) is 8.28. The Labute approximate surface area is 168 Å². The molecule has 2 aliphatic rings. The van der Waals surface area contributed by atoms with E-state index in [1.54, 1.807) is 0 Å². The third kappa shape index (κ3) is 4.79. The quantitative estimate of drug-likeness (QED) is 0.786. The first kappa shape index (κ1) is 19.1. The Kier molecular flexibility index (Phi) is 6.38. The summed E-state index contributed by atoms with van der Waals surface area (Å²) >= 11 is 0. The summed E-state index contributed by atoms with van der Waals surface area (Å²) in [6.07, 6.45) is 7.50. The number of benzene rings is 1. The first-order valence-corrected chi connectivity index (χ1v) is 10.7. The Morgan fingerprint density at radius 2 is 1.64 bits per heavy atom. The number of rotatable bonds is 5. The number of hydrogen-bond donors (Lipinski definition) is 0. The Balaban J connectivity index is 1.35. The minimum atomic E-state index is 0.211. The summed E-state index contributed by atoms with van der Waals surface area (Å²) in [5.74, 6) is 1.14. The zero-order chi connectivity index (χ0) is 19.2. The number of nitrogens with zero attached hydrogens (tertiary/aromatic N) is 3. The van der Waals surface area contributed by atoms with E-state index in [1.807, 2.05) is 18.3 Å². The van der Waals surface area contributed by atoms with Crippen LogP contribution >= 0.6 is 0 Å². The molecule has 0 saturated carbocycles. The van der Waals surface area contributed by atoms with Gasteiger partial charge in [-0.2, -0.15) is 0 Å². The van der Waals surface area contributed by atoms with Gasteiger partial charge in [0.1, 0.15) is 0 Å². The van der Waals surface area contributed by atoms with Crippen LogP contribution in [0.3, 0.4) is 0 Å². The average Bonchev–Trinajstić information content (AvgIpc) is 2.92. The number of piperidine rings is 1.